The second-order valence-electron chi connectivity index (χ2n) is 6.09. The maximum atomic E-state index is 12.6. The van der Waals surface area contributed by atoms with Crippen LogP contribution in [-0.2, 0) is 10.5 Å². The van der Waals surface area contributed by atoms with Gasteiger partial charge in [-0.3, -0.25) is 4.79 Å². The van der Waals surface area contributed by atoms with Crippen molar-refractivity contribution in [3.63, 3.8) is 0 Å². The number of unbranched alkanes of at least 4 members (excludes halogenated alkanes) is 1. The van der Waals surface area contributed by atoms with E-state index in [1.807, 2.05) is 32.9 Å². The number of thioether (sulfide) groups is 1. The van der Waals surface area contributed by atoms with E-state index in [1.54, 1.807) is 12.1 Å². The van der Waals surface area contributed by atoms with Crippen molar-refractivity contribution in [1.29, 1.82) is 0 Å². The predicted molar refractivity (Wildman–Crippen MR) is 100 cm³/mol. The minimum absolute atomic E-state index is 0.365. The van der Waals surface area contributed by atoms with Crippen LogP contribution < -0.4 is 5.32 Å². The number of hydrogen-bond acceptors (Lipinski definition) is 5. The fourth-order valence-corrected chi connectivity index (χ4v) is 3.74. The number of carboxylic acids is 1. The Balaban J connectivity index is 2.12. The lowest BCUT2D eigenvalue weighted by atomic mass is 10.1. The third-order valence-electron chi connectivity index (χ3n) is 4.13. The fraction of sp³-hybridized carbons (Fsp3) is 0.421. The van der Waals surface area contributed by atoms with Gasteiger partial charge in [0.1, 0.15) is 11.8 Å². The van der Waals surface area contributed by atoms with Gasteiger partial charge in [0.2, 0.25) is 0 Å². The van der Waals surface area contributed by atoms with Gasteiger partial charge in [-0.1, -0.05) is 37.1 Å². The standard InChI is InChI=1S/C19H24N2O4S/c1-4-5-9-16(19(23)24)20-18(22)14-8-6-7-10-17(14)26-11-15-12(2)21-25-13(15)3/h6-8,10,16H,4-5,9,11H2,1-3H3,(H,20,22)(H,23,24)/t16-/m0/s1. The van der Waals surface area contributed by atoms with E-state index in [0.717, 1.165) is 34.8 Å². The minimum Gasteiger partial charge on any atom is -0.480 e. The smallest absolute Gasteiger partial charge is 0.326 e. The van der Waals surface area contributed by atoms with Crippen molar-refractivity contribution in [2.24, 2.45) is 0 Å². The van der Waals surface area contributed by atoms with E-state index in [2.05, 4.69) is 10.5 Å². The van der Waals surface area contributed by atoms with Crippen molar-refractivity contribution in [2.45, 2.75) is 56.7 Å². The number of hydrogen-bond donors (Lipinski definition) is 2. The Morgan fingerprint density at radius 2 is 2.04 bits per heavy atom. The van der Waals surface area contributed by atoms with Crippen molar-refractivity contribution in [3.05, 3.63) is 46.8 Å². The van der Waals surface area contributed by atoms with Gasteiger partial charge >= 0.3 is 5.97 Å². The van der Waals surface area contributed by atoms with Crippen LogP contribution in [-0.4, -0.2) is 28.2 Å². The summed E-state index contributed by atoms with van der Waals surface area (Å²) in [5.41, 5.74) is 2.33. The molecule has 2 rings (SSSR count). The maximum absolute atomic E-state index is 12.6. The molecule has 6 nitrogen and oxygen atoms in total. The fourth-order valence-electron chi connectivity index (χ4n) is 2.54. The highest BCUT2D eigenvalue weighted by molar-refractivity contribution is 7.98. The van der Waals surface area contributed by atoms with Gasteiger partial charge < -0.3 is 14.9 Å². The lowest BCUT2D eigenvalue weighted by molar-refractivity contribution is -0.139. The number of amides is 1. The van der Waals surface area contributed by atoms with E-state index >= 15 is 0 Å². The minimum atomic E-state index is -1.01. The van der Waals surface area contributed by atoms with Gasteiger partial charge in [-0.25, -0.2) is 4.79 Å². The molecule has 0 unspecified atom stereocenters. The van der Waals surface area contributed by atoms with Crippen molar-refractivity contribution >= 4 is 23.6 Å². The molecule has 0 aliphatic heterocycles. The second-order valence-corrected chi connectivity index (χ2v) is 7.11. The predicted octanol–water partition coefficient (Wildman–Crippen LogP) is 3.96. The first-order valence-electron chi connectivity index (χ1n) is 8.61. The van der Waals surface area contributed by atoms with Crippen molar-refractivity contribution < 1.29 is 19.2 Å². The molecule has 0 bridgehead atoms. The average Bonchev–Trinajstić information content (AvgIpc) is 2.94. The number of benzene rings is 1. The van der Waals surface area contributed by atoms with Gasteiger partial charge in [0.25, 0.3) is 5.91 Å². The Hall–Kier alpha value is -2.28. The molecule has 0 saturated carbocycles. The van der Waals surface area contributed by atoms with E-state index in [1.165, 1.54) is 11.8 Å². The Morgan fingerprint density at radius 3 is 2.65 bits per heavy atom. The molecule has 26 heavy (non-hydrogen) atoms. The van der Waals surface area contributed by atoms with Crippen molar-refractivity contribution in [1.82, 2.24) is 10.5 Å². The SMILES string of the molecule is CCCC[C@H](NC(=O)c1ccccc1SCc1c(C)noc1C)C(=O)O. The molecule has 0 spiro atoms. The molecule has 0 aliphatic rings. The number of carbonyl (C=O) groups is 2. The lowest BCUT2D eigenvalue weighted by Crippen LogP contribution is -2.40. The van der Waals surface area contributed by atoms with Crippen LogP contribution in [0.2, 0.25) is 0 Å². The third-order valence-corrected chi connectivity index (χ3v) is 5.23. The van der Waals surface area contributed by atoms with Crippen LogP contribution in [0.15, 0.2) is 33.7 Å². The summed E-state index contributed by atoms with van der Waals surface area (Å²) in [5, 5.41) is 15.9. The zero-order chi connectivity index (χ0) is 19.1. The highest BCUT2D eigenvalue weighted by atomic mass is 32.2. The summed E-state index contributed by atoms with van der Waals surface area (Å²) in [6, 6.07) is 6.33. The summed E-state index contributed by atoms with van der Waals surface area (Å²) in [5.74, 6) is 0.0226. The Kier molecular flexibility index (Phi) is 7.26. The van der Waals surface area contributed by atoms with Gasteiger partial charge in [-0.2, -0.15) is 0 Å². The molecule has 7 heteroatoms. The Bertz CT molecular complexity index is 753. The molecule has 1 aromatic heterocycles. The van der Waals surface area contributed by atoms with Gasteiger partial charge in [-0.05, 0) is 32.4 Å². The summed E-state index contributed by atoms with van der Waals surface area (Å²) in [6.07, 6.45) is 2.05. The molecule has 2 aromatic rings. The molecule has 1 amide bonds. The topological polar surface area (TPSA) is 92.4 Å². The van der Waals surface area contributed by atoms with Gasteiger partial charge in [0.05, 0.1) is 11.3 Å². The van der Waals surface area contributed by atoms with Gasteiger partial charge in [0.15, 0.2) is 0 Å². The first kappa shape index (κ1) is 20.0. The number of nitrogens with zero attached hydrogens (tertiary/aromatic N) is 1. The maximum Gasteiger partial charge on any atom is 0.326 e. The van der Waals surface area contributed by atoms with E-state index < -0.39 is 12.0 Å². The van der Waals surface area contributed by atoms with Crippen molar-refractivity contribution in [2.75, 3.05) is 0 Å². The Labute approximate surface area is 157 Å². The summed E-state index contributed by atoms with van der Waals surface area (Å²) < 4.78 is 5.17. The normalized spacial score (nSPS) is 12.0. The Morgan fingerprint density at radius 1 is 1.31 bits per heavy atom. The van der Waals surface area contributed by atoms with E-state index in [9.17, 15) is 14.7 Å². The highest BCUT2D eigenvalue weighted by Crippen LogP contribution is 2.28. The van der Waals surface area contributed by atoms with E-state index in [4.69, 9.17) is 4.52 Å². The lowest BCUT2D eigenvalue weighted by Gasteiger charge is -2.15. The van der Waals surface area contributed by atoms with Crippen LogP contribution in [0.1, 0.15) is 53.6 Å². The van der Waals surface area contributed by atoms with Crippen LogP contribution in [0.5, 0.6) is 0 Å². The quantitative estimate of drug-likeness (QED) is 0.644. The van der Waals surface area contributed by atoms with Crippen LogP contribution in [0, 0.1) is 13.8 Å². The number of nitrogens with one attached hydrogen (secondary N) is 1. The number of aryl methyl sites for hydroxylation is 2. The summed E-state index contributed by atoms with van der Waals surface area (Å²) in [4.78, 5) is 24.8. The molecule has 0 fully saturated rings. The van der Waals surface area contributed by atoms with Crippen LogP contribution in [0.25, 0.3) is 0 Å². The molecule has 0 saturated heterocycles. The zero-order valence-corrected chi connectivity index (χ0v) is 16.1. The first-order chi connectivity index (χ1) is 12.4. The largest absolute Gasteiger partial charge is 0.480 e. The summed E-state index contributed by atoms with van der Waals surface area (Å²) >= 11 is 1.51. The molecule has 1 atom stereocenters. The van der Waals surface area contributed by atoms with Gasteiger partial charge in [-0.15, -0.1) is 11.8 Å². The summed E-state index contributed by atoms with van der Waals surface area (Å²) in [6.45, 7) is 5.73. The molecule has 2 N–H and O–H groups in total. The number of carboxylic acid groups (broad SMARTS) is 1. The second kappa shape index (κ2) is 9.43. The number of rotatable bonds is 9. The van der Waals surface area contributed by atoms with Crippen LogP contribution >= 0.6 is 11.8 Å². The molecule has 0 aliphatic carbocycles. The van der Waals surface area contributed by atoms with Crippen molar-refractivity contribution in [3.8, 4) is 0 Å². The zero-order valence-electron chi connectivity index (χ0n) is 15.2. The molecular weight excluding hydrogens is 352 g/mol. The number of aliphatic carboxylic acids is 1. The molecule has 1 heterocycles. The average molecular weight is 376 g/mol. The number of carbonyl (C=O) groups excluding carboxylic acids is 1. The molecular formula is C19H24N2O4S. The van der Waals surface area contributed by atoms with Gasteiger partial charge in [0, 0.05) is 16.2 Å². The van der Waals surface area contributed by atoms with E-state index in [-0.39, 0.29) is 5.91 Å². The first-order valence-corrected chi connectivity index (χ1v) is 9.59. The van der Waals surface area contributed by atoms with Crippen LogP contribution in [0.3, 0.4) is 0 Å². The monoisotopic (exact) mass is 376 g/mol. The number of aromatic nitrogens is 1. The third kappa shape index (κ3) is 5.11. The molecule has 140 valence electrons. The molecule has 0 radical (unpaired) electrons. The summed E-state index contributed by atoms with van der Waals surface area (Å²) in [7, 11) is 0. The van der Waals surface area contributed by atoms with E-state index in [0.29, 0.717) is 17.7 Å². The molecule has 1 aromatic carbocycles. The highest BCUT2D eigenvalue weighted by Gasteiger charge is 2.21. The van der Waals surface area contributed by atoms with Crippen LogP contribution in [0.4, 0.5) is 0 Å².